The van der Waals surface area contributed by atoms with Crippen LogP contribution >= 0.6 is 23.2 Å². The average Bonchev–Trinajstić information content (AvgIpc) is 2.87. The Morgan fingerprint density at radius 1 is 1.10 bits per heavy atom. The number of halogens is 3. The van der Waals surface area contributed by atoms with Gasteiger partial charge in [-0.25, -0.2) is 4.39 Å². The molecule has 106 valence electrons. The largest absolute Gasteiger partial charge is 0.399 e. The highest BCUT2D eigenvalue weighted by Crippen LogP contribution is 2.29. The van der Waals surface area contributed by atoms with Crippen LogP contribution in [-0.4, -0.2) is 20.2 Å². The lowest BCUT2D eigenvalue weighted by Crippen LogP contribution is -2.03. The van der Waals surface area contributed by atoms with Crippen LogP contribution in [-0.2, 0) is 0 Å². The van der Waals surface area contributed by atoms with Gasteiger partial charge in [0.2, 0.25) is 0 Å². The van der Waals surface area contributed by atoms with Crippen LogP contribution in [0.1, 0.15) is 0 Å². The van der Waals surface area contributed by atoms with Gasteiger partial charge in [0, 0.05) is 16.3 Å². The Morgan fingerprint density at radius 2 is 1.90 bits per heavy atom. The molecule has 0 atom stereocenters. The lowest BCUT2D eigenvalue weighted by Gasteiger charge is -2.07. The van der Waals surface area contributed by atoms with Crippen molar-refractivity contribution >= 4 is 28.9 Å². The van der Waals surface area contributed by atoms with Gasteiger partial charge < -0.3 is 5.73 Å². The normalized spacial score (nSPS) is 10.8. The first-order chi connectivity index (χ1) is 10.1. The molecule has 2 N–H and O–H groups in total. The summed E-state index contributed by atoms with van der Waals surface area (Å²) in [6.07, 6.45) is 0. The number of hydrogen-bond acceptors (Lipinski definition) is 4. The molecule has 0 spiro atoms. The van der Waals surface area contributed by atoms with Crippen molar-refractivity contribution in [3.05, 3.63) is 52.3 Å². The van der Waals surface area contributed by atoms with E-state index in [2.05, 4.69) is 15.5 Å². The van der Waals surface area contributed by atoms with Gasteiger partial charge in [-0.1, -0.05) is 23.2 Å². The van der Waals surface area contributed by atoms with Gasteiger partial charge in [0.15, 0.2) is 5.82 Å². The van der Waals surface area contributed by atoms with Crippen LogP contribution in [0.3, 0.4) is 0 Å². The highest BCUT2D eigenvalue weighted by Gasteiger charge is 2.16. The van der Waals surface area contributed by atoms with Crippen molar-refractivity contribution in [3.63, 3.8) is 0 Å². The summed E-state index contributed by atoms with van der Waals surface area (Å²) in [5, 5.41) is 11.9. The van der Waals surface area contributed by atoms with E-state index in [9.17, 15) is 4.39 Å². The molecule has 21 heavy (non-hydrogen) atoms. The maximum Gasteiger partial charge on any atom is 0.188 e. The Hall–Kier alpha value is -2.18. The second-order valence-corrected chi connectivity index (χ2v) is 5.09. The van der Waals surface area contributed by atoms with Gasteiger partial charge in [0.1, 0.15) is 11.5 Å². The zero-order chi connectivity index (χ0) is 15.0. The van der Waals surface area contributed by atoms with E-state index < -0.39 is 5.82 Å². The summed E-state index contributed by atoms with van der Waals surface area (Å²) < 4.78 is 15.3. The summed E-state index contributed by atoms with van der Waals surface area (Å²) in [7, 11) is 0. The number of benzene rings is 2. The monoisotopic (exact) mass is 323 g/mol. The molecule has 0 unspecified atom stereocenters. The van der Waals surface area contributed by atoms with E-state index in [0.29, 0.717) is 22.1 Å². The van der Waals surface area contributed by atoms with Gasteiger partial charge in [0.05, 0.1) is 5.02 Å². The minimum Gasteiger partial charge on any atom is -0.399 e. The Labute approximate surface area is 129 Å². The highest BCUT2D eigenvalue weighted by molar-refractivity contribution is 6.33. The minimum absolute atomic E-state index is 0.173. The summed E-state index contributed by atoms with van der Waals surface area (Å²) in [5.74, 6) is -0.233. The van der Waals surface area contributed by atoms with E-state index >= 15 is 0 Å². The Kier molecular flexibility index (Phi) is 3.48. The summed E-state index contributed by atoms with van der Waals surface area (Å²) >= 11 is 11.9. The molecule has 0 aliphatic heterocycles. The topological polar surface area (TPSA) is 69.6 Å². The fourth-order valence-electron chi connectivity index (χ4n) is 1.88. The number of rotatable bonds is 2. The van der Waals surface area contributed by atoms with Crippen LogP contribution in [0.4, 0.5) is 10.1 Å². The molecule has 3 rings (SSSR count). The quantitative estimate of drug-likeness (QED) is 0.734. The number of nitrogen functional groups attached to an aromatic ring is 1. The zero-order valence-corrected chi connectivity index (χ0v) is 12.0. The van der Waals surface area contributed by atoms with Crippen molar-refractivity contribution in [1.82, 2.24) is 20.2 Å². The van der Waals surface area contributed by atoms with Crippen LogP contribution in [0.25, 0.3) is 17.1 Å². The second-order valence-electron chi connectivity index (χ2n) is 4.25. The van der Waals surface area contributed by atoms with Gasteiger partial charge >= 0.3 is 0 Å². The number of tetrazole rings is 1. The van der Waals surface area contributed by atoms with Gasteiger partial charge in [-0.05, 0) is 46.8 Å². The molecular weight excluding hydrogens is 316 g/mol. The molecule has 0 aliphatic carbocycles. The third-order valence-electron chi connectivity index (χ3n) is 2.84. The first kappa shape index (κ1) is 13.8. The van der Waals surface area contributed by atoms with Crippen LogP contribution in [0, 0.1) is 5.82 Å². The fourth-order valence-corrected chi connectivity index (χ4v) is 2.32. The minimum atomic E-state index is -0.539. The summed E-state index contributed by atoms with van der Waals surface area (Å²) in [4.78, 5) is 0. The number of anilines is 1. The second kappa shape index (κ2) is 5.31. The first-order valence-corrected chi connectivity index (χ1v) is 6.61. The van der Waals surface area contributed by atoms with Crippen LogP contribution in [0.5, 0.6) is 0 Å². The van der Waals surface area contributed by atoms with E-state index in [1.54, 1.807) is 24.3 Å². The molecule has 0 aliphatic rings. The molecule has 0 fully saturated rings. The van der Waals surface area contributed by atoms with Crippen LogP contribution in [0.2, 0.25) is 10.0 Å². The number of nitrogens with two attached hydrogens (primary N) is 1. The summed E-state index contributed by atoms with van der Waals surface area (Å²) in [6, 6.07) is 9.14. The first-order valence-electron chi connectivity index (χ1n) is 5.85. The maximum atomic E-state index is 14.0. The van der Waals surface area contributed by atoms with Crippen molar-refractivity contribution in [2.45, 2.75) is 0 Å². The Bertz CT molecular complexity index is 752. The third-order valence-corrected chi connectivity index (χ3v) is 3.39. The lowest BCUT2D eigenvalue weighted by molar-refractivity contribution is 0.608. The molecule has 3 aromatic rings. The van der Waals surface area contributed by atoms with E-state index in [-0.39, 0.29) is 10.7 Å². The molecule has 8 heteroatoms. The van der Waals surface area contributed by atoms with Crippen molar-refractivity contribution in [2.75, 3.05) is 5.73 Å². The Morgan fingerprint density at radius 3 is 2.62 bits per heavy atom. The molecule has 5 nitrogen and oxygen atoms in total. The van der Waals surface area contributed by atoms with Gasteiger partial charge in [0.25, 0.3) is 0 Å². The molecule has 1 heterocycles. The fraction of sp³-hybridized carbons (Fsp3) is 0. The van der Waals surface area contributed by atoms with Gasteiger partial charge in [-0.2, -0.15) is 4.68 Å². The zero-order valence-electron chi connectivity index (χ0n) is 10.5. The maximum absolute atomic E-state index is 14.0. The van der Waals surface area contributed by atoms with Crippen molar-refractivity contribution in [1.29, 1.82) is 0 Å². The molecule has 0 radical (unpaired) electrons. The third kappa shape index (κ3) is 2.55. The molecule has 0 bridgehead atoms. The molecule has 0 amide bonds. The van der Waals surface area contributed by atoms with Crippen molar-refractivity contribution in [2.24, 2.45) is 0 Å². The average molecular weight is 324 g/mol. The van der Waals surface area contributed by atoms with E-state index in [1.807, 2.05) is 0 Å². The van der Waals surface area contributed by atoms with Crippen molar-refractivity contribution in [3.8, 4) is 17.1 Å². The molecule has 0 saturated carbocycles. The standard InChI is InChI=1S/C13H8Cl2FN5/c14-7-1-4-12(11(16)5-7)21-13(18-19-20-21)9-3-2-8(17)6-10(9)15/h1-6H,17H2. The SMILES string of the molecule is Nc1ccc(-c2nnnn2-c2ccc(Cl)cc2F)c(Cl)c1. The predicted molar refractivity (Wildman–Crippen MR) is 79.0 cm³/mol. The summed E-state index contributed by atoms with van der Waals surface area (Å²) in [5.41, 5.74) is 6.89. The smallest absolute Gasteiger partial charge is 0.188 e. The molecular formula is C13H8Cl2FN5. The molecule has 2 aromatic carbocycles. The lowest BCUT2D eigenvalue weighted by atomic mass is 10.2. The van der Waals surface area contributed by atoms with Crippen LogP contribution < -0.4 is 5.73 Å². The number of aromatic nitrogens is 4. The van der Waals surface area contributed by atoms with E-state index in [0.717, 1.165) is 0 Å². The molecule has 1 aromatic heterocycles. The van der Waals surface area contributed by atoms with Crippen LogP contribution in [0.15, 0.2) is 36.4 Å². The number of hydrogen-bond donors (Lipinski definition) is 1. The van der Waals surface area contributed by atoms with Crippen molar-refractivity contribution < 1.29 is 4.39 Å². The Balaban J connectivity index is 2.17. The van der Waals surface area contributed by atoms with E-state index in [4.69, 9.17) is 28.9 Å². The molecule has 0 saturated heterocycles. The van der Waals surface area contributed by atoms with E-state index in [1.165, 1.54) is 16.8 Å². The summed E-state index contributed by atoms with van der Waals surface area (Å²) in [6.45, 7) is 0. The number of nitrogens with zero attached hydrogens (tertiary/aromatic N) is 4. The predicted octanol–water partition coefficient (Wildman–Crippen LogP) is 3.36. The van der Waals surface area contributed by atoms with Gasteiger partial charge in [-0.3, -0.25) is 0 Å². The van der Waals surface area contributed by atoms with Gasteiger partial charge in [-0.15, -0.1) is 5.10 Å². The highest BCUT2D eigenvalue weighted by atomic mass is 35.5.